The first-order chi connectivity index (χ1) is 20.3. The molecule has 3 nitrogen and oxygen atoms in total. The van der Waals surface area contributed by atoms with E-state index in [1.54, 1.807) is 0 Å². The maximum atomic E-state index is 11.0. The van der Waals surface area contributed by atoms with Crippen molar-refractivity contribution in [3.05, 3.63) is 35.9 Å². The maximum absolute atomic E-state index is 11.0. The summed E-state index contributed by atoms with van der Waals surface area (Å²) >= 11 is 2.27. The van der Waals surface area contributed by atoms with Crippen LogP contribution in [0.3, 0.4) is 0 Å². The second kappa shape index (κ2) is 20.3. The molecule has 0 amide bonds. The van der Waals surface area contributed by atoms with Crippen LogP contribution >= 0.6 is 30.4 Å². The third-order valence-electron chi connectivity index (χ3n) is 11.2. The molecule has 10 unspecified atom stereocenters. The third-order valence-corrected chi connectivity index (χ3v) is 12.2. The number of fused-ring (bicyclic) bond motifs is 5. The van der Waals surface area contributed by atoms with Gasteiger partial charge in [-0.3, -0.25) is 0 Å². The van der Waals surface area contributed by atoms with Gasteiger partial charge in [0.05, 0.1) is 27.5 Å². The lowest BCUT2D eigenvalue weighted by Crippen LogP contribution is -2.54. The van der Waals surface area contributed by atoms with Crippen LogP contribution in [0, 0.1) is 40.4 Å². The molecule has 5 heteroatoms. The number of rotatable bonds is 7. The van der Waals surface area contributed by atoms with Gasteiger partial charge in [-0.25, -0.2) is 0 Å². The van der Waals surface area contributed by atoms with Crippen molar-refractivity contribution in [3.63, 3.8) is 0 Å². The lowest BCUT2D eigenvalue weighted by Gasteiger charge is -2.61. The van der Waals surface area contributed by atoms with E-state index in [4.69, 9.17) is 4.18 Å². The summed E-state index contributed by atoms with van der Waals surface area (Å²) in [6, 6.07) is 9.82. The maximum Gasteiger partial charge on any atom is 0.0814 e. The number of aliphatic hydroxyl groups is 2. The van der Waals surface area contributed by atoms with Crippen LogP contribution in [0.5, 0.6) is 0 Å². The minimum absolute atomic E-state index is 0.362. The van der Waals surface area contributed by atoms with Crippen molar-refractivity contribution in [3.8, 4) is 0 Å². The molecule has 0 saturated heterocycles. The molecule has 2 N–H and O–H groups in total. The number of benzene rings is 1. The molecule has 0 heterocycles. The van der Waals surface area contributed by atoms with E-state index in [0.717, 1.165) is 35.7 Å². The molecule has 0 radical (unpaired) electrons. The van der Waals surface area contributed by atoms with Crippen LogP contribution in [0.25, 0.3) is 0 Å². The van der Waals surface area contributed by atoms with Crippen LogP contribution in [0.4, 0.5) is 0 Å². The fraction of sp³-hybridized carbons (Fsp3) is 0.838. The molecule has 10 atom stereocenters. The molecule has 0 aromatic heterocycles. The molecule has 0 bridgehead atoms. The van der Waals surface area contributed by atoms with E-state index in [0.29, 0.717) is 29.3 Å². The highest BCUT2D eigenvalue weighted by atomic mass is 127. The summed E-state index contributed by atoms with van der Waals surface area (Å²) in [7, 11) is 1.52. The zero-order valence-corrected chi connectivity index (χ0v) is 31.8. The van der Waals surface area contributed by atoms with Crippen LogP contribution in [0.15, 0.2) is 30.3 Å². The van der Waals surface area contributed by atoms with E-state index in [1.807, 2.05) is 85.7 Å². The minimum atomic E-state index is -0.572. The Kier molecular flexibility index (Phi) is 19.5. The van der Waals surface area contributed by atoms with Gasteiger partial charge in [0.2, 0.25) is 0 Å². The van der Waals surface area contributed by atoms with Gasteiger partial charge in [-0.05, 0) is 110 Å². The molecule has 246 valence electrons. The number of aliphatic hydroxyl groups excluding tert-OH is 2. The Labute approximate surface area is 277 Å². The van der Waals surface area contributed by atoms with Gasteiger partial charge in [0.25, 0.3) is 0 Å². The average molecular weight is 719 g/mol. The molecule has 4 aliphatic carbocycles. The normalized spacial score (nSPS) is 35.7. The van der Waals surface area contributed by atoms with Gasteiger partial charge < -0.3 is 14.4 Å². The second-order valence-electron chi connectivity index (χ2n) is 12.6. The smallest absolute Gasteiger partial charge is 0.0814 e. The molecule has 4 fully saturated rings. The van der Waals surface area contributed by atoms with Gasteiger partial charge in [0.1, 0.15) is 0 Å². The van der Waals surface area contributed by atoms with Crippen LogP contribution < -0.4 is 0 Å². The average Bonchev–Trinajstić information content (AvgIpc) is 3.37. The molecular weight excluding hydrogens is 651 g/mol. The fourth-order valence-corrected chi connectivity index (χ4v) is 10.5. The molecule has 0 aliphatic heterocycles. The van der Waals surface area contributed by atoms with Crippen LogP contribution in [-0.2, 0) is 4.18 Å². The molecule has 1 aromatic carbocycles. The van der Waals surface area contributed by atoms with E-state index < -0.39 is 12.2 Å². The number of halogens is 1. The Morgan fingerprint density at radius 3 is 2.02 bits per heavy atom. The van der Waals surface area contributed by atoms with E-state index in [-0.39, 0.29) is 0 Å². The fourth-order valence-electron chi connectivity index (χ4n) is 9.35. The topological polar surface area (TPSA) is 49.7 Å². The van der Waals surface area contributed by atoms with E-state index in [9.17, 15) is 10.2 Å². The highest BCUT2D eigenvalue weighted by Gasteiger charge is 2.60. The van der Waals surface area contributed by atoms with Crippen LogP contribution in [0.1, 0.15) is 152 Å². The molecule has 42 heavy (non-hydrogen) atoms. The third kappa shape index (κ3) is 9.36. The summed E-state index contributed by atoms with van der Waals surface area (Å²) in [5, 5.41) is 21.6. The zero-order valence-electron chi connectivity index (χ0n) is 28.9. The highest BCUT2D eigenvalue weighted by Crippen LogP contribution is 2.68. The Balaban J connectivity index is 0.00000102. The lowest BCUT2D eigenvalue weighted by atomic mass is 9.44. The summed E-state index contributed by atoms with van der Waals surface area (Å²) < 4.78 is 5.97. The SMILES string of the molecule is CC.CC.CC.CC.CC12CCC3C(CCC4CC(OSI)CCC43C)C1CCC2CC(O)CC(O)c1ccccc1. The monoisotopic (exact) mass is 718 g/mol. The van der Waals surface area contributed by atoms with Crippen LogP contribution in [0.2, 0.25) is 0 Å². The number of hydrogen-bond acceptors (Lipinski definition) is 4. The van der Waals surface area contributed by atoms with Crippen LogP contribution in [-0.4, -0.2) is 22.4 Å². The van der Waals surface area contributed by atoms with Crippen molar-refractivity contribution in [2.24, 2.45) is 40.4 Å². The first kappa shape index (κ1) is 40.2. The number of hydrogen-bond donors (Lipinski definition) is 2. The van der Waals surface area contributed by atoms with Gasteiger partial charge in [-0.15, -0.1) is 0 Å². The molecule has 1 aromatic rings. The molecule has 4 saturated carbocycles. The van der Waals surface area contributed by atoms with E-state index in [2.05, 4.69) is 35.1 Å². The standard InChI is InChI=1S/C29H43IO3S.4C2H6/c1-28-14-12-23(33-34-30)17-21(28)8-10-24-25-11-9-20(29(25,2)15-13-26(24)28)16-22(31)18-27(32)19-6-4-3-5-7-19;4*1-2/h3-7,20-27,31-32H,8-18H2,1-2H3;4*1-2H3. The van der Waals surface area contributed by atoms with Crippen molar-refractivity contribution < 1.29 is 14.4 Å². The first-order valence-corrected chi connectivity index (χ1v) is 21.0. The molecule has 4 aliphatic rings. The predicted octanol–water partition coefficient (Wildman–Crippen LogP) is 12.0. The van der Waals surface area contributed by atoms with Crippen molar-refractivity contribution in [1.82, 2.24) is 0 Å². The summed E-state index contributed by atoms with van der Waals surface area (Å²) in [6.07, 6.45) is 12.7. The largest absolute Gasteiger partial charge is 0.393 e. The second-order valence-corrected chi connectivity index (χ2v) is 14.0. The Bertz CT molecular complexity index is 824. The van der Waals surface area contributed by atoms with Gasteiger partial charge in [-0.1, -0.05) is 99.6 Å². The predicted molar refractivity (Wildman–Crippen MR) is 194 cm³/mol. The molecular formula is C37H67IO3S. The summed E-state index contributed by atoms with van der Waals surface area (Å²) in [5.41, 5.74) is 1.78. The first-order valence-electron chi connectivity index (χ1n) is 17.7. The minimum Gasteiger partial charge on any atom is -0.393 e. The zero-order chi connectivity index (χ0) is 31.9. The Morgan fingerprint density at radius 1 is 0.810 bits per heavy atom. The summed E-state index contributed by atoms with van der Waals surface area (Å²) in [6.45, 7) is 21.2. The van der Waals surface area contributed by atoms with Gasteiger partial charge in [0, 0.05) is 27.6 Å². The molecule has 5 rings (SSSR count). The van der Waals surface area contributed by atoms with Crippen molar-refractivity contribution in [1.29, 1.82) is 0 Å². The Hall–Kier alpha value is 0.180. The Morgan fingerprint density at radius 2 is 1.40 bits per heavy atom. The lowest BCUT2D eigenvalue weighted by molar-refractivity contribution is -0.124. The van der Waals surface area contributed by atoms with E-state index >= 15 is 0 Å². The van der Waals surface area contributed by atoms with Crippen molar-refractivity contribution in [2.75, 3.05) is 0 Å². The van der Waals surface area contributed by atoms with Crippen molar-refractivity contribution >= 4 is 30.4 Å². The quantitative estimate of drug-likeness (QED) is 0.218. The van der Waals surface area contributed by atoms with Gasteiger partial charge in [0.15, 0.2) is 0 Å². The van der Waals surface area contributed by atoms with Crippen molar-refractivity contribution in [2.45, 2.75) is 158 Å². The molecule has 0 spiro atoms. The summed E-state index contributed by atoms with van der Waals surface area (Å²) in [4.78, 5) is 0. The van der Waals surface area contributed by atoms with Gasteiger partial charge >= 0.3 is 0 Å². The summed E-state index contributed by atoms with van der Waals surface area (Å²) in [5.74, 6) is 3.99. The highest BCUT2D eigenvalue weighted by molar-refractivity contribution is 14.2. The van der Waals surface area contributed by atoms with E-state index in [1.165, 1.54) is 67.0 Å². The van der Waals surface area contributed by atoms with Gasteiger partial charge in [-0.2, -0.15) is 0 Å².